The van der Waals surface area contributed by atoms with Crippen LogP contribution in [-0.4, -0.2) is 14.8 Å². The Morgan fingerprint density at radius 2 is 1.80 bits per heavy atom. The van der Waals surface area contributed by atoms with E-state index in [0.29, 0.717) is 6.54 Å². The second-order valence-electron chi connectivity index (χ2n) is 3.26. The van der Waals surface area contributed by atoms with Gasteiger partial charge in [0.15, 0.2) is 5.82 Å². The molecule has 0 aliphatic rings. The van der Waals surface area contributed by atoms with Crippen molar-refractivity contribution in [3.05, 3.63) is 42.0 Å². The van der Waals surface area contributed by atoms with Crippen LogP contribution >= 0.6 is 0 Å². The lowest BCUT2D eigenvalue weighted by Crippen LogP contribution is -2.08. The van der Waals surface area contributed by atoms with E-state index in [0.717, 1.165) is 23.8 Å². The van der Waals surface area contributed by atoms with Gasteiger partial charge in [0.2, 0.25) is 0 Å². The Morgan fingerprint density at radius 3 is 2.40 bits per heavy atom. The van der Waals surface area contributed by atoms with Crippen LogP contribution in [0.3, 0.4) is 0 Å². The van der Waals surface area contributed by atoms with Gasteiger partial charge in [-0.1, -0.05) is 25.1 Å². The van der Waals surface area contributed by atoms with Crippen LogP contribution in [-0.2, 0) is 13.0 Å². The molecule has 0 spiro atoms. The van der Waals surface area contributed by atoms with Crippen LogP contribution in [0.4, 0.5) is 0 Å². The lowest BCUT2D eigenvalue weighted by Gasteiger charge is -2.07. The average molecular weight is 202 g/mol. The van der Waals surface area contributed by atoms with Gasteiger partial charge in [-0.25, -0.2) is 0 Å². The Kier molecular flexibility index (Phi) is 2.78. The molecule has 0 unspecified atom stereocenters. The van der Waals surface area contributed by atoms with Gasteiger partial charge in [-0.05, 0) is 12.1 Å². The van der Waals surface area contributed by atoms with E-state index in [9.17, 15) is 0 Å². The van der Waals surface area contributed by atoms with E-state index in [4.69, 9.17) is 5.73 Å². The Bertz CT molecular complexity index is 412. The van der Waals surface area contributed by atoms with E-state index in [1.165, 1.54) is 0 Å². The van der Waals surface area contributed by atoms with Gasteiger partial charge in [-0.15, -0.1) is 10.2 Å². The molecule has 2 N–H and O–H groups in total. The number of rotatable bonds is 3. The van der Waals surface area contributed by atoms with Gasteiger partial charge < -0.3 is 5.73 Å². The van der Waals surface area contributed by atoms with E-state index in [2.05, 4.69) is 17.1 Å². The SMILES string of the molecule is CCc1nnc(CN)n1-c1ccccc1. The minimum Gasteiger partial charge on any atom is -0.324 e. The fourth-order valence-corrected chi connectivity index (χ4v) is 1.59. The van der Waals surface area contributed by atoms with E-state index in [1.54, 1.807) is 0 Å². The van der Waals surface area contributed by atoms with Crippen molar-refractivity contribution in [2.45, 2.75) is 19.9 Å². The Morgan fingerprint density at radius 1 is 1.13 bits per heavy atom. The molecule has 1 heterocycles. The summed E-state index contributed by atoms with van der Waals surface area (Å²) in [5.74, 6) is 1.75. The molecule has 15 heavy (non-hydrogen) atoms. The first kappa shape index (κ1) is 9.86. The molecule has 78 valence electrons. The van der Waals surface area contributed by atoms with Gasteiger partial charge in [0.1, 0.15) is 5.82 Å². The zero-order valence-electron chi connectivity index (χ0n) is 8.72. The first-order valence-electron chi connectivity index (χ1n) is 5.05. The van der Waals surface area contributed by atoms with Crippen molar-refractivity contribution in [2.24, 2.45) is 5.73 Å². The molecule has 1 aromatic heterocycles. The zero-order chi connectivity index (χ0) is 10.7. The van der Waals surface area contributed by atoms with Gasteiger partial charge in [0.05, 0.1) is 6.54 Å². The van der Waals surface area contributed by atoms with Crippen molar-refractivity contribution in [1.82, 2.24) is 14.8 Å². The summed E-state index contributed by atoms with van der Waals surface area (Å²) in [6.45, 7) is 2.46. The van der Waals surface area contributed by atoms with Gasteiger partial charge in [0.25, 0.3) is 0 Å². The number of hydrogen-bond acceptors (Lipinski definition) is 3. The number of nitrogens with two attached hydrogens (primary N) is 1. The van der Waals surface area contributed by atoms with Crippen molar-refractivity contribution in [1.29, 1.82) is 0 Å². The molecule has 0 radical (unpaired) electrons. The van der Waals surface area contributed by atoms with Crippen LogP contribution < -0.4 is 5.73 Å². The topological polar surface area (TPSA) is 56.7 Å². The Labute approximate surface area is 88.8 Å². The fraction of sp³-hybridized carbons (Fsp3) is 0.273. The molecule has 0 aliphatic heterocycles. The maximum absolute atomic E-state index is 5.63. The Balaban J connectivity index is 2.55. The molecule has 1 aromatic carbocycles. The van der Waals surface area contributed by atoms with Crippen molar-refractivity contribution in [3.63, 3.8) is 0 Å². The minimum absolute atomic E-state index is 0.405. The van der Waals surface area contributed by atoms with E-state index in [1.807, 2.05) is 34.9 Å². The molecule has 4 nitrogen and oxygen atoms in total. The average Bonchev–Trinajstić information content (AvgIpc) is 2.72. The Hall–Kier alpha value is -1.68. The first-order chi connectivity index (χ1) is 7.36. The third-order valence-corrected chi connectivity index (χ3v) is 2.31. The van der Waals surface area contributed by atoms with Crippen molar-refractivity contribution >= 4 is 0 Å². The molecular formula is C11H14N4. The summed E-state index contributed by atoms with van der Waals surface area (Å²) in [4.78, 5) is 0. The number of benzene rings is 1. The maximum Gasteiger partial charge on any atom is 0.151 e. The van der Waals surface area contributed by atoms with E-state index >= 15 is 0 Å². The van der Waals surface area contributed by atoms with E-state index < -0.39 is 0 Å². The quantitative estimate of drug-likeness (QED) is 0.815. The van der Waals surface area contributed by atoms with E-state index in [-0.39, 0.29) is 0 Å². The smallest absolute Gasteiger partial charge is 0.151 e. The standard InChI is InChI=1S/C11H14N4/c1-2-10-13-14-11(8-12)15(10)9-6-4-3-5-7-9/h3-7H,2,8,12H2,1H3. The molecule has 0 atom stereocenters. The van der Waals surface area contributed by atoms with Crippen LogP contribution in [0.25, 0.3) is 5.69 Å². The summed E-state index contributed by atoms with van der Waals surface area (Å²) in [5, 5.41) is 8.18. The van der Waals surface area contributed by atoms with Gasteiger partial charge in [-0.2, -0.15) is 0 Å². The molecule has 0 fully saturated rings. The van der Waals surface area contributed by atoms with Crippen LogP contribution in [0, 0.1) is 0 Å². The largest absolute Gasteiger partial charge is 0.324 e. The third-order valence-electron chi connectivity index (χ3n) is 2.31. The van der Waals surface area contributed by atoms with Gasteiger partial charge in [-0.3, -0.25) is 4.57 Å². The lowest BCUT2D eigenvalue weighted by molar-refractivity contribution is 0.830. The van der Waals surface area contributed by atoms with Crippen LogP contribution in [0.15, 0.2) is 30.3 Å². The molecule has 0 saturated carbocycles. The normalized spacial score (nSPS) is 10.5. The van der Waals surface area contributed by atoms with Crippen LogP contribution in [0.2, 0.25) is 0 Å². The lowest BCUT2D eigenvalue weighted by atomic mass is 10.3. The highest BCUT2D eigenvalue weighted by Gasteiger charge is 2.10. The number of aromatic nitrogens is 3. The predicted octanol–water partition coefficient (Wildman–Crippen LogP) is 1.29. The van der Waals surface area contributed by atoms with Gasteiger partial charge in [0, 0.05) is 12.1 Å². The minimum atomic E-state index is 0.405. The fourth-order valence-electron chi connectivity index (χ4n) is 1.59. The van der Waals surface area contributed by atoms with Crippen molar-refractivity contribution < 1.29 is 0 Å². The summed E-state index contributed by atoms with van der Waals surface area (Å²) in [5.41, 5.74) is 6.70. The summed E-state index contributed by atoms with van der Waals surface area (Å²) < 4.78 is 2.01. The highest BCUT2D eigenvalue weighted by Crippen LogP contribution is 2.12. The van der Waals surface area contributed by atoms with Crippen LogP contribution in [0.5, 0.6) is 0 Å². The molecule has 4 heteroatoms. The van der Waals surface area contributed by atoms with Crippen molar-refractivity contribution in [2.75, 3.05) is 0 Å². The third kappa shape index (κ3) is 1.76. The molecular weight excluding hydrogens is 188 g/mol. The summed E-state index contributed by atoms with van der Waals surface area (Å²) in [6, 6.07) is 10.0. The molecule has 2 aromatic rings. The first-order valence-corrected chi connectivity index (χ1v) is 5.05. The highest BCUT2D eigenvalue weighted by atomic mass is 15.3. The van der Waals surface area contributed by atoms with Gasteiger partial charge >= 0.3 is 0 Å². The zero-order valence-corrected chi connectivity index (χ0v) is 8.72. The number of aryl methyl sites for hydroxylation is 1. The molecule has 2 rings (SSSR count). The summed E-state index contributed by atoms with van der Waals surface area (Å²) in [6.07, 6.45) is 0.849. The predicted molar refractivity (Wildman–Crippen MR) is 58.6 cm³/mol. The second kappa shape index (κ2) is 4.23. The molecule has 0 amide bonds. The number of hydrogen-bond donors (Lipinski definition) is 1. The maximum atomic E-state index is 5.63. The number of para-hydroxylation sites is 1. The molecule has 0 saturated heterocycles. The highest BCUT2D eigenvalue weighted by molar-refractivity contribution is 5.33. The monoisotopic (exact) mass is 202 g/mol. The summed E-state index contributed by atoms with van der Waals surface area (Å²) >= 11 is 0. The molecule has 0 aliphatic carbocycles. The summed E-state index contributed by atoms with van der Waals surface area (Å²) in [7, 11) is 0. The van der Waals surface area contributed by atoms with Crippen molar-refractivity contribution in [3.8, 4) is 5.69 Å². The second-order valence-corrected chi connectivity index (χ2v) is 3.26. The van der Waals surface area contributed by atoms with Crippen LogP contribution in [0.1, 0.15) is 18.6 Å². The molecule has 0 bridgehead atoms. The number of nitrogens with zero attached hydrogens (tertiary/aromatic N) is 3.